The molecule has 0 radical (unpaired) electrons. The second-order valence-corrected chi connectivity index (χ2v) is 7.12. The predicted octanol–water partition coefficient (Wildman–Crippen LogP) is 2.01. The normalized spacial score (nSPS) is 21.8. The van der Waals surface area contributed by atoms with Crippen LogP contribution >= 0.6 is 0 Å². The summed E-state index contributed by atoms with van der Waals surface area (Å²) in [5.41, 5.74) is 0.552. The van der Waals surface area contributed by atoms with Gasteiger partial charge in [-0.25, -0.2) is 13.4 Å². The maximum atomic E-state index is 12.0. The van der Waals surface area contributed by atoms with E-state index >= 15 is 0 Å². The number of anilines is 1. The molecule has 1 aliphatic heterocycles. The molecule has 118 valence electrons. The first kappa shape index (κ1) is 15.9. The van der Waals surface area contributed by atoms with Crippen molar-refractivity contribution in [3.63, 3.8) is 0 Å². The Kier molecular flexibility index (Phi) is 4.60. The Balaban J connectivity index is 1.90. The molecule has 2 rings (SSSR count). The van der Waals surface area contributed by atoms with Gasteiger partial charge in [-0.1, -0.05) is 0 Å². The predicted molar refractivity (Wildman–Crippen MR) is 71.1 cm³/mol. The van der Waals surface area contributed by atoms with Crippen LogP contribution in [-0.2, 0) is 9.84 Å². The molecule has 1 fully saturated rings. The van der Waals surface area contributed by atoms with Crippen LogP contribution in [0.25, 0.3) is 0 Å². The number of pyridine rings is 1. The van der Waals surface area contributed by atoms with E-state index in [2.05, 4.69) is 15.0 Å². The number of nitrogens with one attached hydrogen (secondary N) is 1. The van der Waals surface area contributed by atoms with Crippen molar-refractivity contribution in [2.45, 2.75) is 25.1 Å². The molecule has 0 bridgehead atoms. The lowest BCUT2D eigenvalue weighted by molar-refractivity contribution is -0.154. The molecule has 1 saturated heterocycles. The fourth-order valence-electron chi connectivity index (χ4n) is 2.08. The summed E-state index contributed by atoms with van der Waals surface area (Å²) in [6.45, 7) is -1.40. The molecule has 0 aromatic carbocycles. The van der Waals surface area contributed by atoms with Gasteiger partial charge in [0.05, 0.1) is 23.4 Å². The minimum Gasteiger partial charge on any atom is -0.468 e. The topological polar surface area (TPSA) is 68.3 Å². The lowest BCUT2D eigenvalue weighted by Crippen LogP contribution is -2.34. The summed E-state index contributed by atoms with van der Waals surface area (Å²) < 4.78 is 63.4. The van der Waals surface area contributed by atoms with E-state index in [1.807, 2.05) is 0 Å². The van der Waals surface area contributed by atoms with Gasteiger partial charge in [-0.15, -0.1) is 0 Å². The summed E-state index contributed by atoms with van der Waals surface area (Å²) in [6.07, 6.45) is -1.76. The minimum atomic E-state index is -4.41. The maximum Gasteiger partial charge on any atom is 0.422 e. The molecular weight excluding hydrogens is 309 g/mol. The summed E-state index contributed by atoms with van der Waals surface area (Å²) in [5, 5.41) is 3.02. The van der Waals surface area contributed by atoms with Crippen molar-refractivity contribution in [2.75, 3.05) is 23.4 Å². The third-order valence-electron chi connectivity index (χ3n) is 2.95. The summed E-state index contributed by atoms with van der Waals surface area (Å²) in [4.78, 5) is 3.75. The smallest absolute Gasteiger partial charge is 0.422 e. The van der Waals surface area contributed by atoms with Crippen molar-refractivity contribution in [1.29, 1.82) is 0 Å². The fourth-order valence-corrected chi connectivity index (χ4v) is 3.72. The van der Waals surface area contributed by atoms with Crippen LogP contribution < -0.4 is 10.1 Å². The molecule has 2 heterocycles. The number of hydrogen-bond donors (Lipinski definition) is 1. The molecule has 1 aliphatic rings. The molecular formula is C12H15F3N2O3S. The molecule has 21 heavy (non-hydrogen) atoms. The lowest BCUT2D eigenvalue weighted by atomic mass is 10.2. The van der Waals surface area contributed by atoms with E-state index in [4.69, 9.17) is 0 Å². The first-order valence-electron chi connectivity index (χ1n) is 6.36. The van der Waals surface area contributed by atoms with E-state index in [0.29, 0.717) is 12.1 Å². The standard InChI is InChI=1S/C12H15F3N2O3S/c13-12(14,15)8-20-11-4-3-9(6-16-11)17-10-2-1-5-21(18,19)7-10/h3-4,6,10,17H,1-2,5,7-8H2. The third-order valence-corrected chi connectivity index (χ3v) is 4.77. The number of sulfone groups is 1. The Morgan fingerprint density at radius 2 is 2.14 bits per heavy atom. The zero-order valence-corrected chi connectivity index (χ0v) is 11.9. The Labute approximate surface area is 120 Å². The van der Waals surface area contributed by atoms with Gasteiger partial charge >= 0.3 is 6.18 Å². The van der Waals surface area contributed by atoms with E-state index in [9.17, 15) is 21.6 Å². The van der Waals surface area contributed by atoms with Crippen LogP contribution in [0.15, 0.2) is 18.3 Å². The second kappa shape index (κ2) is 6.08. The Bertz CT molecular complexity index is 572. The van der Waals surface area contributed by atoms with Gasteiger partial charge in [0.1, 0.15) is 0 Å². The quantitative estimate of drug-likeness (QED) is 0.917. The van der Waals surface area contributed by atoms with Crippen LogP contribution in [0.3, 0.4) is 0 Å². The molecule has 1 aromatic heterocycles. The van der Waals surface area contributed by atoms with Gasteiger partial charge in [0, 0.05) is 12.1 Å². The van der Waals surface area contributed by atoms with Gasteiger partial charge in [-0.3, -0.25) is 0 Å². The highest BCUT2D eigenvalue weighted by Crippen LogP contribution is 2.20. The second-order valence-electron chi connectivity index (χ2n) is 4.89. The van der Waals surface area contributed by atoms with Crippen molar-refractivity contribution in [3.05, 3.63) is 18.3 Å². The number of rotatable bonds is 4. The average molecular weight is 324 g/mol. The van der Waals surface area contributed by atoms with Crippen molar-refractivity contribution < 1.29 is 26.3 Å². The highest BCUT2D eigenvalue weighted by atomic mass is 32.2. The molecule has 1 atom stereocenters. The fraction of sp³-hybridized carbons (Fsp3) is 0.583. The number of halogens is 3. The van der Waals surface area contributed by atoms with Crippen molar-refractivity contribution in [3.8, 4) is 5.88 Å². The molecule has 1 aromatic rings. The summed E-state index contributed by atoms with van der Waals surface area (Å²) >= 11 is 0. The highest BCUT2D eigenvalue weighted by molar-refractivity contribution is 7.91. The number of hydrogen-bond acceptors (Lipinski definition) is 5. The van der Waals surface area contributed by atoms with Gasteiger partial charge in [0.25, 0.3) is 0 Å². The SMILES string of the molecule is O=S1(=O)CCCC(Nc2ccc(OCC(F)(F)F)nc2)C1. The average Bonchev–Trinajstić information content (AvgIpc) is 2.36. The van der Waals surface area contributed by atoms with Crippen LogP contribution in [0.1, 0.15) is 12.8 Å². The molecule has 0 amide bonds. The monoisotopic (exact) mass is 324 g/mol. The Hall–Kier alpha value is -1.51. The molecule has 1 N–H and O–H groups in total. The van der Waals surface area contributed by atoms with Gasteiger partial charge < -0.3 is 10.1 Å². The Morgan fingerprint density at radius 3 is 2.71 bits per heavy atom. The minimum absolute atomic E-state index is 0.0549. The van der Waals surface area contributed by atoms with Crippen LogP contribution in [0, 0.1) is 0 Å². The van der Waals surface area contributed by atoms with Crippen molar-refractivity contribution in [1.82, 2.24) is 4.98 Å². The molecule has 0 saturated carbocycles. The van der Waals surface area contributed by atoms with Crippen LogP contribution in [0.2, 0.25) is 0 Å². The van der Waals surface area contributed by atoms with Gasteiger partial charge in [0.15, 0.2) is 16.4 Å². The zero-order valence-electron chi connectivity index (χ0n) is 11.1. The third kappa shape index (κ3) is 5.41. The molecule has 5 nitrogen and oxygen atoms in total. The summed E-state index contributed by atoms with van der Waals surface area (Å²) in [5.74, 6) is 0.126. The van der Waals surface area contributed by atoms with Crippen LogP contribution in [-0.4, -0.2) is 43.7 Å². The maximum absolute atomic E-state index is 12.0. The van der Waals surface area contributed by atoms with Crippen molar-refractivity contribution in [2.24, 2.45) is 0 Å². The molecule has 1 unspecified atom stereocenters. The van der Waals surface area contributed by atoms with E-state index in [-0.39, 0.29) is 23.4 Å². The molecule has 0 aliphatic carbocycles. The van der Waals surface area contributed by atoms with Crippen LogP contribution in [0.4, 0.5) is 18.9 Å². The number of ether oxygens (including phenoxy) is 1. The number of alkyl halides is 3. The Morgan fingerprint density at radius 1 is 1.38 bits per heavy atom. The number of nitrogens with zero attached hydrogens (tertiary/aromatic N) is 1. The summed E-state index contributed by atoms with van der Waals surface area (Å²) in [7, 11) is -3.02. The zero-order chi connectivity index (χ0) is 15.5. The van der Waals surface area contributed by atoms with E-state index in [1.165, 1.54) is 18.3 Å². The van der Waals surface area contributed by atoms with Gasteiger partial charge in [-0.05, 0) is 18.9 Å². The highest BCUT2D eigenvalue weighted by Gasteiger charge is 2.28. The molecule has 0 spiro atoms. The first-order valence-corrected chi connectivity index (χ1v) is 8.18. The molecule has 9 heteroatoms. The summed E-state index contributed by atoms with van der Waals surface area (Å²) in [6, 6.07) is 2.62. The van der Waals surface area contributed by atoms with E-state index < -0.39 is 22.6 Å². The largest absolute Gasteiger partial charge is 0.468 e. The van der Waals surface area contributed by atoms with E-state index in [1.54, 1.807) is 0 Å². The number of aromatic nitrogens is 1. The van der Waals surface area contributed by atoms with Crippen molar-refractivity contribution >= 4 is 15.5 Å². The van der Waals surface area contributed by atoms with Gasteiger partial charge in [-0.2, -0.15) is 13.2 Å². The lowest BCUT2D eigenvalue weighted by Gasteiger charge is -2.23. The van der Waals surface area contributed by atoms with Crippen LogP contribution in [0.5, 0.6) is 5.88 Å². The van der Waals surface area contributed by atoms with E-state index in [0.717, 1.165) is 6.42 Å². The van der Waals surface area contributed by atoms with Gasteiger partial charge in [0.2, 0.25) is 5.88 Å². The first-order chi connectivity index (χ1) is 9.73.